The number of benzene rings is 2. The summed E-state index contributed by atoms with van der Waals surface area (Å²) >= 11 is 5.75. The summed E-state index contributed by atoms with van der Waals surface area (Å²) in [7, 11) is 0. The predicted octanol–water partition coefficient (Wildman–Crippen LogP) is 0.248. The Balaban J connectivity index is 2.18. The number of anilines is 1. The van der Waals surface area contributed by atoms with Gasteiger partial charge >= 0.3 is 0 Å². The molecular weight excluding hydrogens is 322 g/mol. The number of carbonyl (C=O) groups excluding carboxylic acids is 3. The molecule has 0 atom stereocenters. The number of carboxylic acids is 2. The number of carboxylic acid groups (broad SMARTS) is 2. The van der Waals surface area contributed by atoms with Crippen LogP contribution in [0.3, 0.4) is 0 Å². The van der Waals surface area contributed by atoms with Crippen LogP contribution in [-0.4, -0.2) is 17.8 Å². The molecule has 0 heterocycles. The van der Waals surface area contributed by atoms with Crippen LogP contribution in [0, 0.1) is 0 Å². The predicted molar refractivity (Wildman–Crippen MR) is 78.9 cm³/mol. The standard InChI is InChI=1S/C16H12ClNO5/c17-12-3-1-9(2-4-12)5-14(19)18-13-7-10(15(20)21)6-11(8-13)16(22)23/h1-4,6-8H,5H2,(H,18,19)(H,20,21)(H,22,23)/p-2. The summed E-state index contributed by atoms with van der Waals surface area (Å²) in [5.74, 6) is -3.55. The zero-order valence-corrected chi connectivity index (χ0v) is 12.4. The SMILES string of the molecule is O=C(Cc1ccc(Cl)cc1)Nc1cc(C(=O)[O-])cc(C(=O)[O-])c1. The van der Waals surface area contributed by atoms with Crippen molar-refractivity contribution in [2.75, 3.05) is 5.32 Å². The molecule has 0 bridgehead atoms. The van der Waals surface area contributed by atoms with Crippen molar-refractivity contribution < 1.29 is 24.6 Å². The topological polar surface area (TPSA) is 109 Å². The zero-order valence-electron chi connectivity index (χ0n) is 11.7. The van der Waals surface area contributed by atoms with Gasteiger partial charge in [0.25, 0.3) is 0 Å². The molecule has 2 aromatic carbocycles. The van der Waals surface area contributed by atoms with Crippen LogP contribution in [0.2, 0.25) is 5.02 Å². The highest BCUT2D eigenvalue weighted by molar-refractivity contribution is 6.30. The number of nitrogens with one attached hydrogen (secondary N) is 1. The first kappa shape index (κ1) is 16.5. The van der Waals surface area contributed by atoms with Crippen molar-refractivity contribution in [3.63, 3.8) is 0 Å². The van der Waals surface area contributed by atoms with E-state index in [1.807, 2.05) is 0 Å². The van der Waals surface area contributed by atoms with Gasteiger partial charge in [-0.05, 0) is 47.0 Å². The lowest BCUT2D eigenvalue weighted by atomic mass is 10.1. The summed E-state index contributed by atoms with van der Waals surface area (Å²) in [6.07, 6.45) is 0.0212. The van der Waals surface area contributed by atoms with Crippen LogP contribution in [0.1, 0.15) is 26.3 Å². The monoisotopic (exact) mass is 331 g/mol. The second-order valence-electron chi connectivity index (χ2n) is 4.73. The first-order chi connectivity index (χ1) is 10.8. The van der Waals surface area contributed by atoms with Gasteiger partial charge in [-0.15, -0.1) is 0 Å². The maximum atomic E-state index is 12.0. The smallest absolute Gasteiger partial charge is 0.228 e. The molecule has 118 valence electrons. The number of hydrogen-bond donors (Lipinski definition) is 1. The zero-order chi connectivity index (χ0) is 17.0. The highest BCUT2D eigenvalue weighted by Gasteiger charge is 2.08. The summed E-state index contributed by atoms with van der Waals surface area (Å²) in [6, 6.07) is 9.74. The van der Waals surface area contributed by atoms with E-state index in [1.165, 1.54) is 0 Å². The Bertz CT molecular complexity index is 738. The van der Waals surface area contributed by atoms with E-state index in [0.717, 1.165) is 18.2 Å². The first-order valence-corrected chi connectivity index (χ1v) is 6.85. The van der Waals surface area contributed by atoms with Crippen LogP contribution in [0.4, 0.5) is 5.69 Å². The van der Waals surface area contributed by atoms with Crippen LogP contribution in [0.15, 0.2) is 42.5 Å². The van der Waals surface area contributed by atoms with E-state index in [-0.39, 0.29) is 23.2 Å². The summed E-state index contributed by atoms with van der Waals surface area (Å²) in [6.45, 7) is 0. The molecule has 0 aromatic heterocycles. The number of aromatic carboxylic acids is 2. The molecule has 23 heavy (non-hydrogen) atoms. The van der Waals surface area contributed by atoms with Crippen LogP contribution >= 0.6 is 11.6 Å². The molecule has 1 amide bonds. The second-order valence-corrected chi connectivity index (χ2v) is 5.16. The molecular formula is C16H10ClNO5-2. The van der Waals surface area contributed by atoms with Gasteiger partial charge < -0.3 is 25.1 Å². The minimum atomic E-state index is -1.55. The van der Waals surface area contributed by atoms with E-state index in [4.69, 9.17) is 11.6 Å². The van der Waals surface area contributed by atoms with Gasteiger partial charge in [0.2, 0.25) is 5.91 Å². The van der Waals surface area contributed by atoms with Crippen molar-refractivity contribution in [3.8, 4) is 0 Å². The molecule has 7 heteroatoms. The molecule has 0 aliphatic carbocycles. The van der Waals surface area contributed by atoms with Crippen molar-refractivity contribution in [3.05, 3.63) is 64.2 Å². The van der Waals surface area contributed by atoms with Crippen molar-refractivity contribution in [2.45, 2.75) is 6.42 Å². The minimum Gasteiger partial charge on any atom is -0.545 e. The van der Waals surface area contributed by atoms with Crippen molar-refractivity contribution >= 4 is 35.1 Å². The molecule has 0 saturated heterocycles. The van der Waals surface area contributed by atoms with Gasteiger partial charge in [0, 0.05) is 10.7 Å². The number of carbonyl (C=O) groups is 3. The molecule has 0 aliphatic heterocycles. The molecule has 1 N–H and O–H groups in total. The lowest BCUT2D eigenvalue weighted by Gasteiger charge is -2.12. The summed E-state index contributed by atoms with van der Waals surface area (Å²) in [5, 5.41) is 24.8. The molecule has 2 aromatic rings. The van der Waals surface area contributed by atoms with Crippen LogP contribution in [0.5, 0.6) is 0 Å². The van der Waals surface area contributed by atoms with Crippen molar-refractivity contribution in [2.24, 2.45) is 0 Å². The fourth-order valence-electron chi connectivity index (χ4n) is 1.93. The lowest BCUT2D eigenvalue weighted by molar-refractivity contribution is -0.255. The third-order valence-corrected chi connectivity index (χ3v) is 3.22. The average Bonchev–Trinajstić information content (AvgIpc) is 2.49. The molecule has 0 saturated carbocycles. The third-order valence-electron chi connectivity index (χ3n) is 2.97. The maximum Gasteiger partial charge on any atom is 0.228 e. The van der Waals surface area contributed by atoms with Crippen LogP contribution in [-0.2, 0) is 11.2 Å². The molecule has 6 nitrogen and oxygen atoms in total. The Morgan fingerprint density at radius 1 is 0.913 bits per heavy atom. The Morgan fingerprint density at radius 2 is 1.43 bits per heavy atom. The van der Waals surface area contributed by atoms with Gasteiger partial charge in [0.15, 0.2) is 0 Å². The normalized spacial score (nSPS) is 10.1. The summed E-state index contributed by atoms with van der Waals surface area (Å²) in [4.78, 5) is 33.7. The maximum absolute atomic E-state index is 12.0. The quantitative estimate of drug-likeness (QED) is 0.844. The number of amides is 1. The van der Waals surface area contributed by atoms with Gasteiger partial charge in [-0.1, -0.05) is 23.7 Å². The number of rotatable bonds is 5. The molecule has 0 fully saturated rings. The van der Waals surface area contributed by atoms with Gasteiger partial charge in [-0.2, -0.15) is 0 Å². The average molecular weight is 332 g/mol. The van der Waals surface area contributed by atoms with Crippen molar-refractivity contribution in [1.82, 2.24) is 0 Å². The van der Waals surface area contributed by atoms with Crippen molar-refractivity contribution in [1.29, 1.82) is 0 Å². The summed E-state index contributed by atoms with van der Waals surface area (Å²) in [5.41, 5.74) is -0.00469. The van der Waals surface area contributed by atoms with E-state index in [1.54, 1.807) is 24.3 Å². The second kappa shape index (κ2) is 6.93. The van der Waals surface area contributed by atoms with Gasteiger partial charge in [-0.3, -0.25) is 4.79 Å². The molecule has 0 aliphatic rings. The van der Waals surface area contributed by atoms with E-state index in [0.29, 0.717) is 10.6 Å². The largest absolute Gasteiger partial charge is 0.545 e. The highest BCUT2D eigenvalue weighted by Crippen LogP contribution is 2.16. The minimum absolute atomic E-state index is 0.0212. The lowest BCUT2D eigenvalue weighted by Crippen LogP contribution is -2.26. The molecule has 2 rings (SSSR count). The fourth-order valence-corrected chi connectivity index (χ4v) is 2.05. The van der Waals surface area contributed by atoms with Crippen LogP contribution < -0.4 is 15.5 Å². The van der Waals surface area contributed by atoms with Gasteiger partial charge in [0.1, 0.15) is 0 Å². The fraction of sp³-hybridized carbons (Fsp3) is 0.0625. The van der Waals surface area contributed by atoms with E-state index in [2.05, 4.69) is 5.32 Å². The van der Waals surface area contributed by atoms with E-state index in [9.17, 15) is 24.6 Å². The Hall–Kier alpha value is -2.86. The summed E-state index contributed by atoms with van der Waals surface area (Å²) < 4.78 is 0. The van der Waals surface area contributed by atoms with E-state index < -0.39 is 17.8 Å². The van der Waals surface area contributed by atoms with Gasteiger partial charge in [0.05, 0.1) is 18.4 Å². The Labute approximate surface area is 136 Å². The number of halogens is 1. The van der Waals surface area contributed by atoms with Crippen LogP contribution in [0.25, 0.3) is 0 Å². The number of hydrogen-bond acceptors (Lipinski definition) is 5. The van der Waals surface area contributed by atoms with Gasteiger partial charge in [-0.25, -0.2) is 0 Å². The third kappa shape index (κ3) is 4.55. The Morgan fingerprint density at radius 3 is 1.91 bits per heavy atom. The Kier molecular flexibility index (Phi) is 4.98. The van der Waals surface area contributed by atoms with E-state index >= 15 is 0 Å². The molecule has 0 radical (unpaired) electrons. The first-order valence-electron chi connectivity index (χ1n) is 6.47. The molecule has 0 spiro atoms. The highest BCUT2D eigenvalue weighted by atomic mass is 35.5. The molecule has 0 unspecified atom stereocenters.